The van der Waals surface area contributed by atoms with E-state index in [1.165, 1.54) is 18.2 Å². The van der Waals surface area contributed by atoms with Crippen LogP contribution >= 0.6 is 0 Å². The minimum atomic E-state index is -0.522. The summed E-state index contributed by atoms with van der Waals surface area (Å²) in [6.07, 6.45) is 1.69. The van der Waals surface area contributed by atoms with Gasteiger partial charge in [0.1, 0.15) is 17.3 Å². The molecule has 1 fully saturated rings. The predicted molar refractivity (Wildman–Crippen MR) is 119 cm³/mol. The fraction of sp³-hybridized carbons (Fsp3) is 0.360. The Balaban J connectivity index is 1.77. The summed E-state index contributed by atoms with van der Waals surface area (Å²) in [6.45, 7) is 4.98. The van der Waals surface area contributed by atoms with Gasteiger partial charge in [0.05, 0.1) is 17.4 Å². The molecule has 2 aromatic carbocycles. The SMILES string of the molecule is CC(C)Oc1ccc(C2=C(N3CCCC(CO)C3)C(=O)N(c3cccc(F)c3)C2=O)cc1. The van der Waals surface area contributed by atoms with E-state index in [0.717, 1.165) is 17.7 Å². The average molecular weight is 438 g/mol. The molecule has 2 aliphatic heterocycles. The van der Waals surface area contributed by atoms with Gasteiger partial charge in [0.25, 0.3) is 11.8 Å². The third-order valence-electron chi connectivity index (χ3n) is 5.73. The third kappa shape index (κ3) is 4.25. The molecular formula is C25H27FN2O4. The molecule has 7 heteroatoms. The first-order valence-corrected chi connectivity index (χ1v) is 10.9. The van der Waals surface area contributed by atoms with Crippen LogP contribution in [-0.2, 0) is 9.59 Å². The van der Waals surface area contributed by atoms with Gasteiger partial charge >= 0.3 is 0 Å². The second-order valence-electron chi connectivity index (χ2n) is 8.48. The number of halogens is 1. The lowest BCUT2D eigenvalue weighted by atomic mass is 9.97. The van der Waals surface area contributed by atoms with Crippen LogP contribution in [-0.4, -0.2) is 47.6 Å². The molecule has 1 N–H and O–H groups in total. The monoisotopic (exact) mass is 438 g/mol. The van der Waals surface area contributed by atoms with Gasteiger partial charge in [0.2, 0.25) is 0 Å². The fourth-order valence-corrected chi connectivity index (χ4v) is 4.31. The molecule has 0 aliphatic carbocycles. The second kappa shape index (κ2) is 9.12. The van der Waals surface area contributed by atoms with E-state index in [2.05, 4.69) is 0 Å². The zero-order valence-electron chi connectivity index (χ0n) is 18.3. The van der Waals surface area contributed by atoms with E-state index < -0.39 is 17.6 Å². The topological polar surface area (TPSA) is 70.1 Å². The summed E-state index contributed by atoms with van der Waals surface area (Å²) >= 11 is 0. The molecule has 0 aromatic heterocycles. The van der Waals surface area contributed by atoms with E-state index in [0.29, 0.717) is 30.1 Å². The Bertz CT molecular complexity index is 1050. The van der Waals surface area contributed by atoms with E-state index >= 15 is 0 Å². The van der Waals surface area contributed by atoms with Gasteiger partial charge in [-0.25, -0.2) is 9.29 Å². The van der Waals surface area contributed by atoms with Gasteiger partial charge in [-0.3, -0.25) is 9.59 Å². The normalized spacial score (nSPS) is 19.3. The van der Waals surface area contributed by atoms with E-state index in [4.69, 9.17) is 4.74 Å². The van der Waals surface area contributed by atoms with E-state index in [-0.39, 0.29) is 29.9 Å². The van der Waals surface area contributed by atoms with Crippen molar-refractivity contribution in [1.29, 1.82) is 0 Å². The Morgan fingerprint density at radius 1 is 1.12 bits per heavy atom. The molecule has 0 radical (unpaired) electrons. The first-order chi connectivity index (χ1) is 15.4. The number of anilines is 1. The van der Waals surface area contributed by atoms with Crippen LogP contribution < -0.4 is 9.64 Å². The van der Waals surface area contributed by atoms with Crippen molar-refractivity contribution in [3.05, 3.63) is 65.6 Å². The number of amides is 2. The molecule has 6 nitrogen and oxygen atoms in total. The van der Waals surface area contributed by atoms with E-state index in [1.54, 1.807) is 30.3 Å². The number of aliphatic hydroxyl groups is 1. The maximum Gasteiger partial charge on any atom is 0.282 e. The Hall–Kier alpha value is -3.19. The lowest BCUT2D eigenvalue weighted by molar-refractivity contribution is -0.120. The molecule has 0 saturated carbocycles. The van der Waals surface area contributed by atoms with Crippen LogP contribution in [0.1, 0.15) is 32.3 Å². The predicted octanol–water partition coefficient (Wildman–Crippen LogP) is 3.60. The summed E-state index contributed by atoms with van der Waals surface area (Å²) in [6, 6.07) is 12.6. The molecule has 168 valence electrons. The Morgan fingerprint density at radius 2 is 1.88 bits per heavy atom. The summed E-state index contributed by atoms with van der Waals surface area (Å²) in [5.74, 6) is -0.782. The van der Waals surface area contributed by atoms with Gasteiger partial charge in [-0.2, -0.15) is 0 Å². The van der Waals surface area contributed by atoms with Gasteiger partial charge in [-0.15, -0.1) is 0 Å². The molecule has 2 amide bonds. The number of piperidine rings is 1. The Labute approximate surface area is 186 Å². The number of hydrogen-bond donors (Lipinski definition) is 1. The number of likely N-dealkylation sites (tertiary alicyclic amines) is 1. The van der Waals surface area contributed by atoms with Gasteiger partial charge < -0.3 is 14.7 Å². The number of carbonyl (C=O) groups is 2. The standard InChI is InChI=1S/C25H27FN2O4/c1-16(2)32-21-10-8-18(9-11-21)22-23(27-12-4-5-17(14-27)15-29)25(31)28(24(22)30)20-7-3-6-19(26)13-20/h3,6-11,13,16-17,29H,4-5,12,14-15H2,1-2H3. The minimum Gasteiger partial charge on any atom is -0.491 e. The van der Waals surface area contributed by atoms with Gasteiger partial charge in [0.15, 0.2) is 0 Å². The highest BCUT2D eigenvalue weighted by molar-refractivity contribution is 6.45. The molecule has 4 rings (SSSR count). The highest BCUT2D eigenvalue weighted by atomic mass is 19.1. The molecule has 2 aromatic rings. The van der Waals surface area contributed by atoms with Crippen molar-refractivity contribution in [1.82, 2.24) is 4.90 Å². The molecule has 1 unspecified atom stereocenters. The summed E-state index contributed by atoms with van der Waals surface area (Å²) in [5.41, 5.74) is 1.38. The quantitative estimate of drug-likeness (QED) is 0.698. The molecule has 1 atom stereocenters. The number of imide groups is 1. The van der Waals surface area contributed by atoms with Crippen LogP contribution in [0.4, 0.5) is 10.1 Å². The molecule has 32 heavy (non-hydrogen) atoms. The largest absolute Gasteiger partial charge is 0.491 e. The molecule has 1 saturated heterocycles. The zero-order valence-corrected chi connectivity index (χ0v) is 18.3. The second-order valence-corrected chi connectivity index (χ2v) is 8.48. The Kier molecular flexibility index (Phi) is 6.28. The summed E-state index contributed by atoms with van der Waals surface area (Å²) < 4.78 is 19.6. The van der Waals surface area contributed by atoms with Crippen molar-refractivity contribution in [2.75, 3.05) is 24.6 Å². The maximum atomic E-state index is 13.9. The first kappa shape index (κ1) is 22.0. The molecular weight excluding hydrogens is 411 g/mol. The summed E-state index contributed by atoms with van der Waals surface area (Å²) in [7, 11) is 0. The van der Waals surface area contributed by atoms with Crippen LogP contribution in [0.15, 0.2) is 54.2 Å². The lowest BCUT2D eigenvalue weighted by Crippen LogP contribution is -2.40. The maximum absolute atomic E-state index is 13.9. The van der Waals surface area contributed by atoms with E-state index in [1.807, 2.05) is 18.7 Å². The van der Waals surface area contributed by atoms with Crippen molar-refractivity contribution in [3.63, 3.8) is 0 Å². The lowest BCUT2D eigenvalue weighted by Gasteiger charge is -2.34. The molecule has 2 heterocycles. The first-order valence-electron chi connectivity index (χ1n) is 10.9. The van der Waals surface area contributed by atoms with Gasteiger partial charge in [-0.05, 0) is 68.5 Å². The number of aliphatic hydroxyl groups excluding tert-OH is 1. The number of rotatable bonds is 6. The number of hydrogen-bond acceptors (Lipinski definition) is 5. The van der Waals surface area contributed by atoms with Crippen LogP contribution in [0.2, 0.25) is 0 Å². The highest BCUT2D eigenvalue weighted by Crippen LogP contribution is 2.37. The van der Waals surface area contributed by atoms with Crippen molar-refractivity contribution < 1.29 is 23.8 Å². The summed E-state index contributed by atoms with van der Waals surface area (Å²) in [5, 5.41) is 9.65. The van der Waals surface area contributed by atoms with Crippen LogP contribution in [0.25, 0.3) is 5.57 Å². The number of nitrogens with zero attached hydrogens (tertiary/aromatic N) is 2. The van der Waals surface area contributed by atoms with Crippen LogP contribution in [0, 0.1) is 11.7 Å². The third-order valence-corrected chi connectivity index (χ3v) is 5.73. The number of carbonyl (C=O) groups excluding carboxylic acids is 2. The molecule has 0 bridgehead atoms. The Morgan fingerprint density at radius 3 is 2.53 bits per heavy atom. The van der Waals surface area contributed by atoms with Gasteiger partial charge in [-0.1, -0.05) is 18.2 Å². The molecule has 2 aliphatic rings. The molecule has 0 spiro atoms. The average Bonchev–Trinajstić information content (AvgIpc) is 3.04. The van der Waals surface area contributed by atoms with Crippen molar-refractivity contribution in [2.24, 2.45) is 5.92 Å². The fourth-order valence-electron chi connectivity index (χ4n) is 4.31. The summed E-state index contributed by atoms with van der Waals surface area (Å²) in [4.78, 5) is 29.9. The smallest absolute Gasteiger partial charge is 0.282 e. The van der Waals surface area contributed by atoms with Crippen molar-refractivity contribution in [3.8, 4) is 5.75 Å². The van der Waals surface area contributed by atoms with Crippen molar-refractivity contribution in [2.45, 2.75) is 32.8 Å². The van der Waals surface area contributed by atoms with Gasteiger partial charge in [0, 0.05) is 19.7 Å². The van der Waals surface area contributed by atoms with E-state index in [9.17, 15) is 19.1 Å². The zero-order chi connectivity index (χ0) is 22.8. The highest BCUT2D eigenvalue weighted by Gasteiger charge is 2.43. The number of ether oxygens (including phenoxy) is 1. The minimum absolute atomic E-state index is 0.0116. The van der Waals surface area contributed by atoms with Crippen molar-refractivity contribution >= 4 is 23.1 Å². The van der Waals surface area contributed by atoms with Crippen LogP contribution in [0.5, 0.6) is 5.75 Å². The number of benzene rings is 2. The van der Waals surface area contributed by atoms with Crippen LogP contribution in [0.3, 0.4) is 0 Å².